The Balaban J connectivity index is 1.96. The SMILES string of the molecule is COCC1CCC(c2ccccc2O)NC1. The van der Waals surface area contributed by atoms with Crippen LogP contribution in [0.2, 0.25) is 0 Å². The molecule has 0 aromatic heterocycles. The maximum Gasteiger partial charge on any atom is 0.120 e. The molecule has 1 aromatic carbocycles. The molecule has 2 N–H and O–H groups in total. The molecule has 0 amide bonds. The maximum absolute atomic E-state index is 9.77. The van der Waals surface area contributed by atoms with Gasteiger partial charge in [0.05, 0.1) is 6.61 Å². The van der Waals surface area contributed by atoms with Crippen molar-refractivity contribution in [3.63, 3.8) is 0 Å². The van der Waals surface area contributed by atoms with Crippen molar-refractivity contribution in [3.8, 4) is 5.75 Å². The molecule has 1 saturated heterocycles. The first-order chi connectivity index (χ1) is 7.81. The lowest BCUT2D eigenvalue weighted by atomic mass is 9.91. The highest BCUT2D eigenvalue weighted by molar-refractivity contribution is 5.34. The van der Waals surface area contributed by atoms with Gasteiger partial charge in [-0.25, -0.2) is 0 Å². The highest BCUT2D eigenvalue weighted by Crippen LogP contribution is 2.30. The van der Waals surface area contributed by atoms with Crippen LogP contribution in [0.3, 0.4) is 0 Å². The van der Waals surface area contributed by atoms with Crippen LogP contribution in [0, 0.1) is 5.92 Å². The Morgan fingerprint density at radius 3 is 2.81 bits per heavy atom. The molecule has 2 atom stereocenters. The van der Waals surface area contributed by atoms with Gasteiger partial charge in [-0.15, -0.1) is 0 Å². The third-order valence-electron chi connectivity index (χ3n) is 3.23. The number of ether oxygens (including phenoxy) is 1. The lowest BCUT2D eigenvalue weighted by molar-refractivity contribution is 0.129. The minimum absolute atomic E-state index is 0.286. The van der Waals surface area contributed by atoms with Gasteiger partial charge in [-0.05, 0) is 24.8 Å². The van der Waals surface area contributed by atoms with E-state index >= 15 is 0 Å². The fourth-order valence-electron chi connectivity index (χ4n) is 2.34. The summed E-state index contributed by atoms with van der Waals surface area (Å²) < 4.78 is 5.16. The Hall–Kier alpha value is -1.06. The van der Waals surface area contributed by atoms with Crippen molar-refractivity contribution >= 4 is 0 Å². The van der Waals surface area contributed by atoms with E-state index in [4.69, 9.17) is 4.74 Å². The summed E-state index contributed by atoms with van der Waals surface area (Å²) in [6.45, 7) is 1.79. The van der Waals surface area contributed by atoms with E-state index in [0.29, 0.717) is 11.7 Å². The number of hydrogen-bond acceptors (Lipinski definition) is 3. The third-order valence-corrected chi connectivity index (χ3v) is 3.23. The standard InChI is InChI=1S/C13H19NO2/c1-16-9-10-6-7-12(14-8-10)11-4-2-3-5-13(11)15/h2-5,10,12,14-15H,6-9H2,1H3. The predicted octanol–water partition coefficient (Wildman–Crippen LogP) is 2.08. The van der Waals surface area contributed by atoms with Gasteiger partial charge in [-0.1, -0.05) is 18.2 Å². The second-order valence-corrected chi connectivity index (χ2v) is 4.42. The molecule has 16 heavy (non-hydrogen) atoms. The first kappa shape index (κ1) is 11.4. The zero-order valence-electron chi connectivity index (χ0n) is 9.65. The first-order valence-corrected chi connectivity index (χ1v) is 5.81. The molecule has 0 bridgehead atoms. The van der Waals surface area contributed by atoms with Crippen LogP contribution < -0.4 is 5.32 Å². The van der Waals surface area contributed by atoms with Crippen molar-refractivity contribution in [1.29, 1.82) is 0 Å². The van der Waals surface area contributed by atoms with E-state index in [1.54, 1.807) is 13.2 Å². The molecule has 2 unspecified atom stereocenters. The molecule has 3 nitrogen and oxygen atoms in total. The van der Waals surface area contributed by atoms with Crippen molar-refractivity contribution < 1.29 is 9.84 Å². The summed E-state index contributed by atoms with van der Waals surface area (Å²) in [6, 6.07) is 7.85. The van der Waals surface area contributed by atoms with Crippen LogP contribution in [0.1, 0.15) is 24.4 Å². The highest BCUT2D eigenvalue weighted by Gasteiger charge is 2.22. The van der Waals surface area contributed by atoms with Gasteiger partial charge in [0, 0.05) is 25.3 Å². The molecule has 88 valence electrons. The number of piperidine rings is 1. The predicted molar refractivity (Wildman–Crippen MR) is 63.5 cm³/mol. The number of methoxy groups -OCH3 is 1. The lowest BCUT2D eigenvalue weighted by Gasteiger charge is -2.30. The van der Waals surface area contributed by atoms with Crippen molar-refractivity contribution in [2.75, 3.05) is 20.3 Å². The molecule has 2 rings (SSSR count). The van der Waals surface area contributed by atoms with Crippen LogP contribution >= 0.6 is 0 Å². The minimum Gasteiger partial charge on any atom is -0.508 e. The van der Waals surface area contributed by atoms with Gasteiger partial charge in [-0.3, -0.25) is 0 Å². The average molecular weight is 221 g/mol. The number of aromatic hydroxyl groups is 1. The summed E-state index contributed by atoms with van der Waals surface area (Å²) in [5.74, 6) is 0.997. The summed E-state index contributed by atoms with van der Waals surface area (Å²) in [7, 11) is 1.75. The number of phenolic OH excluding ortho intramolecular Hbond substituents is 1. The quantitative estimate of drug-likeness (QED) is 0.821. The number of hydrogen-bond donors (Lipinski definition) is 2. The van der Waals surface area contributed by atoms with E-state index in [0.717, 1.165) is 31.6 Å². The van der Waals surface area contributed by atoms with Crippen molar-refractivity contribution in [1.82, 2.24) is 5.32 Å². The summed E-state index contributed by atoms with van der Waals surface area (Å²) in [5.41, 5.74) is 1.01. The molecule has 0 spiro atoms. The molecule has 1 aliphatic rings. The van der Waals surface area contributed by atoms with Crippen molar-refractivity contribution in [2.24, 2.45) is 5.92 Å². The van der Waals surface area contributed by atoms with E-state index < -0.39 is 0 Å². The summed E-state index contributed by atoms with van der Waals surface area (Å²) in [5, 5.41) is 13.2. The Kier molecular flexibility index (Phi) is 3.80. The first-order valence-electron chi connectivity index (χ1n) is 5.81. The number of para-hydroxylation sites is 1. The Morgan fingerprint density at radius 2 is 2.19 bits per heavy atom. The van der Waals surface area contributed by atoms with E-state index in [1.165, 1.54) is 0 Å². The van der Waals surface area contributed by atoms with Crippen LogP contribution in [-0.4, -0.2) is 25.4 Å². The van der Waals surface area contributed by atoms with Gasteiger partial charge in [-0.2, -0.15) is 0 Å². The fraction of sp³-hybridized carbons (Fsp3) is 0.538. The molecule has 0 aliphatic carbocycles. The minimum atomic E-state index is 0.286. The second-order valence-electron chi connectivity index (χ2n) is 4.42. The van der Waals surface area contributed by atoms with E-state index in [2.05, 4.69) is 5.32 Å². The third kappa shape index (κ3) is 2.54. The van der Waals surface area contributed by atoms with Crippen molar-refractivity contribution in [2.45, 2.75) is 18.9 Å². The Morgan fingerprint density at radius 1 is 1.38 bits per heavy atom. The topological polar surface area (TPSA) is 41.5 Å². The van der Waals surface area contributed by atoms with E-state index in [-0.39, 0.29) is 6.04 Å². The highest BCUT2D eigenvalue weighted by atomic mass is 16.5. The van der Waals surface area contributed by atoms with Gasteiger partial charge < -0.3 is 15.2 Å². The summed E-state index contributed by atoms with van der Waals surface area (Å²) in [4.78, 5) is 0. The fourth-order valence-corrected chi connectivity index (χ4v) is 2.34. The van der Waals surface area contributed by atoms with Crippen LogP contribution in [0.4, 0.5) is 0 Å². The number of phenols is 1. The van der Waals surface area contributed by atoms with E-state index in [1.807, 2.05) is 18.2 Å². The Bertz CT molecular complexity index is 332. The average Bonchev–Trinajstić information content (AvgIpc) is 2.31. The zero-order chi connectivity index (χ0) is 11.4. The van der Waals surface area contributed by atoms with Crippen LogP contribution in [0.15, 0.2) is 24.3 Å². The summed E-state index contributed by atoms with van der Waals surface area (Å²) >= 11 is 0. The maximum atomic E-state index is 9.77. The van der Waals surface area contributed by atoms with Gasteiger partial charge in [0.15, 0.2) is 0 Å². The molecule has 3 heteroatoms. The smallest absolute Gasteiger partial charge is 0.120 e. The van der Waals surface area contributed by atoms with Gasteiger partial charge in [0.2, 0.25) is 0 Å². The molecule has 1 aliphatic heterocycles. The Labute approximate surface area is 96.4 Å². The molecular formula is C13H19NO2. The lowest BCUT2D eigenvalue weighted by Crippen LogP contribution is -2.35. The molecular weight excluding hydrogens is 202 g/mol. The second kappa shape index (κ2) is 5.32. The number of nitrogens with one attached hydrogen (secondary N) is 1. The molecule has 1 fully saturated rings. The zero-order valence-corrected chi connectivity index (χ0v) is 9.65. The number of rotatable bonds is 3. The molecule has 0 radical (unpaired) electrons. The van der Waals surface area contributed by atoms with Gasteiger partial charge in [0.1, 0.15) is 5.75 Å². The van der Waals surface area contributed by atoms with Gasteiger partial charge in [0.25, 0.3) is 0 Å². The summed E-state index contributed by atoms with van der Waals surface area (Å²) in [6.07, 6.45) is 2.21. The van der Waals surface area contributed by atoms with Crippen LogP contribution in [0.5, 0.6) is 5.75 Å². The van der Waals surface area contributed by atoms with Crippen molar-refractivity contribution in [3.05, 3.63) is 29.8 Å². The van der Waals surface area contributed by atoms with Crippen LogP contribution in [-0.2, 0) is 4.74 Å². The largest absolute Gasteiger partial charge is 0.508 e. The van der Waals surface area contributed by atoms with E-state index in [9.17, 15) is 5.11 Å². The van der Waals surface area contributed by atoms with Gasteiger partial charge >= 0.3 is 0 Å². The molecule has 1 aromatic rings. The normalized spacial score (nSPS) is 25.6. The van der Waals surface area contributed by atoms with Crippen LogP contribution in [0.25, 0.3) is 0 Å². The molecule has 0 saturated carbocycles. The molecule has 1 heterocycles. The monoisotopic (exact) mass is 221 g/mol. The number of benzene rings is 1.